The van der Waals surface area contributed by atoms with Crippen LogP contribution in [0, 0.1) is 5.82 Å². The molecule has 0 fully saturated rings. The van der Waals surface area contributed by atoms with Crippen LogP contribution in [0.4, 0.5) is 4.39 Å². The number of aliphatic hydroxyl groups excluding tert-OH is 1. The maximum absolute atomic E-state index is 13.1. The van der Waals surface area contributed by atoms with Crippen molar-refractivity contribution < 1.29 is 9.50 Å². The summed E-state index contributed by atoms with van der Waals surface area (Å²) in [5.41, 5.74) is 3.06. The van der Waals surface area contributed by atoms with Crippen LogP contribution >= 0.6 is 11.6 Å². The first-order valence-corrected chi connectivity index (χ1v) is 7.23. The molecule has 0 unspecified atom stereocenters. The molecule has 4 heteroatoms. The van der Waals surface area contributed by atoms with Gasteiger partial charge in [-0.15, -0.1) is 0 Å². The van der Waals surface area contributed by atoms with Gasteiger partial charge in [0.05, 0.1) is 5.52 Å². The number of fused-ring (bicyclic) bond motifs is 1. The smallest absolute Gasteiger partial charge is 0.123 e. The predicted molar refractivity (Wildman–Crippen MR) is 83.6 cm³/mol. The fourth-order valence-electron chi connectivity index (χ4n) is 2.55. The van der Waals surface area contributed by atoms with Crippen LogP contribution in [-0.2, 0) is 6.42 Å². The molecule has 0 aliphatic carbocycles. The molecule has 3 rings (SSSR count). The number of aliphatic hydroxyl groups is 1. The molecule has 1 N–H and O–H groups in total. The van der Waals surface area contributed by atoms with Gasteiger partial charge in [0.1, 0.15) is 5.82 Å². The first-order chi connectivity index (χ1) is 10.2. The molecule has 0 aliphatic heterocycles. The number of nitrogens with zero attached hydrogens (tertiary/aromatic N) is 1. The van der Waals surface area contributed by atoms with Crippen LogP contribution in [0.1, 0.15) is 12.0 Å². The van der Waals surface area contributed by atoms with Crippen LogP contribution in [0.2, 0.25) is 5.02 Å². The largest absolute Gasteiger partial charge is 0.396 e. The summed E-state index contributed by atoms with van der Waals surface area (Å²) < 4.78 is 15.1. The second kappa shape index (κ2) is 5.88. The fraction of sp³-hybridized carbons (Fsp3) is 0.176. The molecule has 3 aromatic rings. The topological polar surface area (TPSA) is 25.2 Å². The summed E-state index contributed by atoms with van der Waals surface area (Å²) in [5.74, 6) is -0.251. The Labute approximate surface area is 127 Å². The number of rotatable bonds is 4. The van der Waals surface area contributed by atoms with E-state index < -0.39 is 0 Å². The van der Waals surface area contributed by atoms with Crippen molar-refractivity contribution in [3.63, 3.8) is 0 Å². The molecule has 0 atom stereocenters. The van der Waals surface area contributed by atoms with E-state index in [0.29, 0.717) is 11.4 Å². The average Bonchev–Trinajstić information content (AvgIpc) is 2.84. The maximum Gasteiger partial charge on any atom is 0.123 e. The first kappa shape index (κ1) is 14.1. The quantitative estimate of drug-likeness (QED) is 0.761. The van der Waals surface area contributed by atoms with E-state index in [1.165, 1.54) is 12.1 Å². The van der Waals surface area contributed by atoms with Crippen LogP contribution < -0.4 is 0 Å². The summed E-state index contributed by atoms with van der Waals surface area (Å²) >= 11 is 6.09. The molecule has 0 bridgehead atoms. The SMILES string of the molecule is OCCCc1cn(-c2ccc(F)cc2)c2ccc(Cl)cc12. The Kier molecular flexibility index (Phi) is 3.95. The molecular formula is C17H15ClFNO. The minimum atomic E-state index is -0.251. The summed E-state index contributed by atoms with van der Waals surface area (Å²) in [5, 5.41) is 10.8. The van der Waals surface area contributed by atoms with Crippen molar-refractivity contribution in [2.24, 2.45) is 0 Å². The monoisotopic (exact) mass is 303 g/mol. The second-order valence-corrected chi connectivity index (χ2v) is 5.43. The molecule has 2 nitrogen and oxygen atoms in total. The second-order valence-electron chi connectivity index (χ2n) is 4.99. The van der Waals surface area contributed by atoms with Crippen molar-refractivity contribution in [3.05, 3.63) is 65.1 Å². The van der Waals surface area contributed by atoms with Gasteiger partial charge in [-0.3, -0.25) is 0 Å². The average molecular weight is 304 g/mol. The van der Waals surface area contributed by atoms with E-state index >= 15 is 0 Å². The predicted octanol–water partition coefficient (Wildman–Crippen LogP) is 4.35. The summed E-state index contributed by atoms with van der Waals surface area (Å²) in [4.78, 5) is 0. The van der Waals surface area contributed by atoms with E-state index in [1.54, 1.807) is 12.1 Å². The molecule has 2 aromatic carbocycles. The van der Waals surface area contributed by atoms with Crippen LogP contribution in [0.25, 0.3) is 16.6 Å². The summed E-state index contributed by atoms with van der Waals surface area (Å²) in [7, 11) is 0. The Morgan fingerprint density at radius 3 is 2.57 bits per heavy atom. The minimum Gasteiger partial charge on any atom is -0.396 e. The molecule has 21 heavy (non-hydrogen) atoms. The molecule has 0 saturated heterocycles. The van der Waals surface area contributed by atoms with E-state index in [2.05, 4.69) is 0 Å². The lowest BCUT2D eigenvalue weighted by atomic mass is 10.1. The molecule has 108 valence electrons. The van der Waals surface area contributed by atoms with Gasteiger partial charge in [-0.2, -0.15) is 0 Å². The Hall–Kier alpha value is -1.84. The molecular weight excluding hydrogens is 289 g/mol. The number of aromatic nitrogens is 1. The van der Waals surface area contributed by atoms with Crippen LogP contribution in [0.5, 0.6) is 0 Å². The third-order valence-corrected chi connectivity index (χ3v) is 3.79. The lowest BCUT2D eigenvalue weighted by Crippen LogP contribution is -1.92. The van der Waals surface area contributed by atoms with Crippen molar-refractivity contribution >= 4 is 22.5 Å². The highest BCUT2D eigenvalue weighted by Crippen LogP contribution is 2.28. The van der Waals surface area contributed by atoms with Gasteiger partial charge in [0, 0.05) is 28.9 Å². The Bertz CT molecular complexity index is 764. The van der Waals surface area contributed by atoms with Crippen molar-refractivity contribution in [2.75, 3.05) is 6.61 Å². The van der Waals surface area contributed by atoms with E-state index in [-0.39, 0.29) is 12.4 Å². The van der Waals surface area contributed by atoms with Gasteiger partial charge < -0.3 is 9.67 Å². The fourth-order valence-corrected chi connectivity index (χ4v) is 2.73. The molecule has 1 aromatic heterocycles. The number of halogens is 2. The van der Waals surface area contributed by atoms with E-state index in [9.17, 15) is 4.39 Å². The zero-order chi connectivity index (χ0) is 14.8. The molecule has 0 radical (unpaired) electrons. The minimum absolute atomic E-state index is 0.157. The number of aryl methyl sites for hydroxylation is 1. The van der Waals surface area contributed by atoms with Crippen molar-refractivity contribution in [3.8, 4) is 5.69 Å². The third kappa shape index (κ3) is 2.80. The van der Waals surface area contributed by atoms with Gasteiger partial charge in [0.25, 0.3) is 0 Å². The highest BCUT2D eigenvalue weighted by molar-refractivity contribution is 6.31. The summed E-state index contributed by atoms with van der Waals surface area (Å²) in [6.45, 7) is 0.157. The Morgan fingerprint density at radius 1 is 1.10 bits per heavy atom. The Balaban J connectivity index is 2.16. The highest BCUT2D eigenvalue weighted by Gasteiger charge is 2.10. The van der Waals surface area contributed by atoms with Gasteiger partial charge in [0.2, 0.25) is 0 Å². The zero-order valence-electron chi connectivity index (χ0n) is 11.4. The normalized spacial score (nSPS) is 11.2. The van der Waals surface area contributed by atoms with E-state index in [1.807, 2.05) is 29.0 Å². The number of hydrogen-bond acceptors (Lipinski definition) is 1. The van der Waals surface area contributed by atoms with Crippen LogP contribution in [-0.4, -0.2) is 16.3 Å². The van der Waals surface area contributed by atoms with Gasteiger partial charge in [-0.25, -0.2) is 4.39 Å². The molecule has 0 saturated carbocycles. The standard InChI is InChI=1S/C17H15ClFNO/c18-13-3-8-17-16(10-13)12(2-1-9-21)11-20(17)15-6-4-14(19)5-7-15/h3-8,10-11,21H,1-2,9H2. The maximum atomic E-state index is 13.1. The van der Waals surface area contributed by atoms with Crippen molar-refractivity contribution in [1.29, 1.82) is 0 Å². The first-order valence-electron chi connectivity index (χ1n) is 6.85. The number of hydrogen-bond donors (Lipinski definition) is 1. The molecule has 0 amide bonds. The molecule has 0 spiro atoms. The molecule has 0 aliphatic rings. The van der Waals surface area contributed by atoms with Crippen molar-refractivity contribution in [1.82, 2.24) is 4.57 Å². The van der Waals surface area contributed by atoms with Gasteiger partial charge in [-0.05, 0) is 60.9 Å². The summed E-state index contributed by atoms with van der Waals surface area (Å²) in [6, 6.07) is 12.1. The third-order valence-electron chi connectivity index (χ3n) is 3.56. The lowest BCUT2D eigenvalue weighted by Gasteiger charge is -2.05. The molecule has 1 heterocycles. The zero-order valence-corrected chi connectivity index (χ0v) is 12.1. The number of benzene rings is 2. The summed E-state index contributed by atoms with van der Waals surface area (Å²) in [6.07, 6.45) is 3.51. The van der Waals surface area contributed by atoms with Crippen LogP contribution in [0.3, 0.4) is 0 Å². The highest BCUT2D eigenvalue weighted by atomic mass is 35.5. The Morgan fingerprint density at radius 2 is 1.86 bits per heavy atom. The lowest BCUT2D eigenvalue weighted by molar-refractivity contribution is 0.289. The van der Waals surface area contributed by atoms with E-state index in [0.717, 1.165) is 28.6 Å². The van der Waals surface area contributed by atoms with Gasteiger partial charge in [-0.1, -0.05) is 11.6 Å². The van der Waals surface area contributed by atoms with Crippen LogP contribution in [0.15, 0.2) is 48.7 Å². The van der Waals surface area contributed by atoms with Gasteiger partial charge >= 0.3 is 0 Å². The van der Waals surface area contributed by atoms with Gasteiger partial charge in [0.15, 0.2) is 0 Å². The van der Waals surface area contributed by atoms with Crippen molar-refractivity contribution in [2.45, 2.75) is 12.8 Å². The van der Waals surface area contributed by atoms with E-state index in [4.69, 9.17) is 16.7 Å².